The van der Waals surface area contributed by atoms with Crippen molar-refractivity contribution in [3.63, 3.8) is 0 Å². The molecule has 0 spiro atoms. The van der Waals surface area contributed by atoms with Crippen LogP contribution in [0.1, 0.15) is 24.0 Å². The summed E-state index contributed by atoms with van der Waals surface area (Å²) < 4.78 is 34.3. The number of aromatic nitrogens is 2. The normalized spacial score (nSPS) is 18.9. The van der Waals surface area contributed by atoms with Crippen LogP contribution >= 0.6 is 0 Å². The molecule has 8 heteroatoms. The predicted molar refractivity (Wildman–Crippen MR) is 116 cm³/mol. The minimum Gasteiger partial charge on any atom is -0.376 e. The van der Waals surface area contributed by atoms with E-state index in [1.165, 1.54) is 4.31 Å². The van der Waals surface area contributed by atoms with Crippen LogP contribution in [0.25, 0.3) is 11.0 Å². The van der Waals surface area contributed by atoms with Crippen LogP contribution in [-0.2, 0) is 14.8 Å². The van der Waals surface area contributed by atoms with E-state index in [-0.39, 0.29) is 17.7 Å². The zero-order valence-electron chi connectivity index (χ0n) is 17.1. The highest BCUT2D eigenvalue weighted by atomic mass is 32.2. The van der Waals surface area contributed by atoms with Gasteiger partial charge >= 0.3 is 0 Å². The van der Waals surface area contributed by atoms with E-state index in [0.29, 0.717) is 23.7 Å². The molecular formula is C22H24N4O3S. The van der Waals surface area contributed by atoms with E-state index >= 15 is 0 Å². The number of para-hydroxylation sites is 2. The Hall–Kier alpha value is -2.71. The van der Waals surface area contributed by atoms with Gasteiger partial charge in [-0.2, -0.15) is 0 Å². The van der Waals surface area contributed by atoms with E-state index < -0.39 is 10.0 Å². The third kappa shape index (κ3) is 3.20. The average Bonchev–Trinajstić information content (AvgIpc) is 3.37. The second kappa shape index (κ2) is 7.21. The Morgan fingerprint density at radius 1 is 1.03 bits per heavy atom. The van der Waals surface area contributed by atoms with Crippen molar-refractivity contribution in [2.24, 2.45) is 0 Å². The summed E-state index contributed by atoms with van der Waals surface area (Å²) in [6.07, 6.45) is 2.08. The molecule has 0 radical (unpaired) electrons. The lowest BCUT2D eigenvalue weighted by Gasteiger charge is -2.23. The van der Waals surface area contributed by atoms with Crippen molar-refractivity contribution in [1.29, 1.82) is 0 Å². The second-order valence-electron chi connectivity index (χ2n) is 7.96. The van der Waals surface area contributed by atoms with Gasteiger partial charge in [0.05, 0.1) is 22.0 Å². The van der Waals surface area contributed by atoms with E-state index in [2.05, 4.69) is 0 Å². The van der Waals surface area contributed by atoms with Crippen LogP contribution in [0.4, 0.5) is 11.6 Å². The van der Waals surface area contributed by atoms with E-state index in [1.807, 2.05) is 49.1 Å². The van der Waals surface area contributed by atoms with Crippen LogP contribution in [0.3, 0.4) is 0 Å². The second-order valence-corrected chi connectivity index (χ2v) is 9.82. The Morgan fingerprint density at radius 3 is 2.43 bits per heavy atom. The largest absolute Gasteiger partial charge is 0.376 e. The fraction of sp³-hybridized carbons (Fsp3) is 0.364. The molecule has 1 saturated heterocycles. The first kappa shape index (κ1) is 19.3. The fourth-order valence-electron chi connectivity index (χ4n) is 4.02. The number of benzene rings is 2. The first-order valence-electron chi connectivity index (χ1n) is 10.2. The maximum absolute atomic E-state index is 13.6. The molecule has 7 nitrogen and oxygen atoms in total. The number of hydrogen-bond acceptors (Lipinski definition) is 6. The minimum atomic E-state index is -3.78. The molecule has 2 aromatic carbocycles. The lowest BCUT2D eigenvalue weighted by atomic mass is 10.1. The highest BCUT2D eigenvalue weighted by Gasteiger charge is 2.39. The molecule has 30 heavy (non-hydrogen) atoms. The van der Waals surface area contributed by atoms with Crippen molar-refractivity contribution < 1.29 is 13.2 Å². The van der Waals surface area contributed by atoms with Gasteiger partial charge in [-0.3, -0.25) is 0 Å². The van der Waals surface area contributed by atoms with Gasteiger partial charge in [-0.25, -0.2) is 22.7 Å². The van der Waals surface area contributed by atoms with E-state index in [1.54, 1.807) is 12.1 Å². The molecular weight excluding hydrogens is 400 g/mol. The molecule has 1 aromatic heterocycles. The lowest BCUT2D eigenvalue weighted by Crippen LogP contribution is -2.39. The number of rotatable bonds is 4. The van der Waals surface area contributed by atoms with Gasteiger partial charge in [-0.05, 0) is 62.1 Å². The Kier molecular flexibility index (Phi) is 4.63. The minimum absolute atomic E-state index is 0.0791. The third-order valence-electron chi connectivity index (χ3n) is 5.88. The number of hydrogen-bond donors (Lipinski definition) is 0. The molecule has 0 saturated carbocycles. The van der Waals surface area contributed by atoms with Gasteiger partial charge in [-0.15, -0.1) is 0 Å². The van der Waals surface area contributed by atoms with E-state index in [4.69, 9.17) is 14.7 Å². The zero-order chi connectivity index (χ0) is 20.9. The van der Waals surface area contributed by atoms with Gasteiger partial charge < -0.3 is 9.64 Å². The molecule has 1 atom stereocenters. The highest BCUT2D eigenvalue weighted by molar-refractivity contribution is 7.92. The summed E-state index contributed by atoms with van der Waals surface area (Å²) >= 11 is 0. The van der Waals surface area contributed by atoms with Crippen molar-refractivity contribution in [3.05, 3.63) is 53.6 Å². The fourth-order valence-corrected chi connectivity index (χ4v) is 5.48. The summed E-state index contributed by atoms with van der Waals surface area (Å²) in [7, 11) is -3.78. The van der Waals surface area contributed by atoms with Crippen molar-refractivity contribution in [3.8, 4) is 0 Å². The number of nitrogens with zero attached hydrogens (tertiary/aromatic N) is 4. The van der Waals surface area contributed by atoms with Gasteiger partial charge in [0.25, 0.3) is 10.0 Å². The summed E-state index contributed by atoms with van der Waals surface area (Å²) in [5.41, 5.74) is 3.42. The van der Waals surface area contributed by atoms with Crippen LogP contribution in [0.15, 0.2) is 47.4 Å². The van der Waals surface area contributed by atoms with E-state index in [9.17, 15) is 8.42 Å². The third-order valence-corrected chi connectivity index (χ3v) is 7.60. The molecule has 156 valence electrons. The number of sulfonamides is 1. The molecule has 0 bridgehead atoms. The maximum atomic E-state index is 13.6. The van der Waals surface area contributed by atoms with Gasteiger partial charge in [0.15, 0.2) is 11.6 Å². The van der Waals surface area contributed by atoms with Crippen LogP contribution in [-0.4, -0.2) is 44.3 Å². The van der Waals surface area contributed by atoms with Gasteiger partial charge in [0.2, 0.25) is 0 Å². The highest BCUT2D eigenvalue weighted by Crippen LogP contribution is 2.38. The summed E-state index contributed by atoms with van der Waals surface area (Å²) in [4.78, 5) is 11.7. The first-order valence-corrected chi connectivity index (χ1v) is 11.6. The molecule has 1 unspecified atom stereocenters. The van der Waals surface area contributed by atoms with Gasteiger partial charge in [-0.1, -0.05) is 18.2 Å². The molecule has 3 heterocycles. The Balaban J connectivity index is 1.60. The van der Waals surface area contributed by atoms with Gasteiger partial charge in [0.1, 0.15) is 6.67 Å². The molecule has 3 aromatic rings. The Labute approximate surface area is 176 Å². The molecule has 0 amide bonds. The zero-order valence-corrected chi connectivity index (χ0v) is 17.9. The molecule has 0 aliphatic carbocycles. The van der Waals surface area contributed by atoms with Crippen LogP contribution in [0.5, 0.6) is 0 Å². The molecule has 1 fully saturated rings. The standard InChI is InChI=1S/C22H24N4O3S/c1-15-9-10-18(12-16(15)2)30(27,28)26-14-25(13-17-6-5-11-29-17)21-22(26)24-20-8-4-3-7-19(20)23-21/h3-4,7-10,12,17H,5-6,11,13-14H2,1-2H3. The Morgan fingerprint density at radius 2 is 1.77 bits per heavy atom. The topological polar surface area (TPSA) is 75.6 Å². The Bertz CT molecular complexity index is 1220. The van der Waals surface area contributed by atoms with Crippen LogP contribution < -0.4 is 9.21 Å². The monoisotopic (exact) mass is 424 g/mol. The van der Waals surface area contributed by atoms with Crippen molar-refractivity contribution in [2.45, 2.75) is 37.7 Å². The summed E-state index contributed by atoms with van der Waals surface area (Å²) in [5, 5.41) is 0. The maximum Gasteiger partial charge on any atom is 0.267 e. The number of aryl methyl sites for hydroxylation is 2. The smallest absolute Gasteiger partial charge is 0.267 e. The number of anilines is 2. The van der Waals surface area contributed by atoms with Crippen molar-refractivity contribution in [2.75, 3.05) is 29.0 Å². The summed E-state index contributed by atoms with van der Waals surface area (Å²) in [6, 6.07) is 12.8. The summed E-state index contributed by atoms with van der Waals surface area (Å²) in [6.45, 7) is 5.42. The molecule has 0 N–H and O–H groups in total. The number of ether oxygens (including phenoxy) is 1. The molecule has 2 aliphatic heterocycles. The van der Waals surface area contributed by atoms with Crippen molar-refractivity contribution in [1.82, 2.24) is 9.97 Å². The summed E-state index contributed by atoms with van der Waals surface area (Å²) in [5.74, 6) is 0.974. The van der Waals surface area contributed by atoms with Crippen molar-refractivity contribution >= 4 is 32.7 Å². The predicted octanol–water partition coefficient (Wildman–Crippen LogP) is 3.40. The number of fused-ring (bicyclic) bond motifs is 2. The van der Waals surface area contributed by atoms with E-state index in [0.717, 1.165) is 36.1 Å². The van der Waals surface area contributed by atoms with Gasteiger partial charge in [0, 0.05) is 13.2 Å². The first-order chi connectivity index (χ1) is 14.4. The van der Waals surface area contributed by atoms with Crippen LogP contribution in [0.2, 0.25) is 0 Å². The lowest BCUT2D eigenvalue weighted by molar-refractivity contribution is 0.116. The molecule has 5 rings (SSSR count). The SMILES string of the molecule is Cc1ccc(S(=O)(=O)N2CN(CC3CCCO3)c3nc4ccccc4nc32)cc1C. The molecule has 2 aliphatic rings. The quantitative estimate of drug-likeness (QED) is 0.639. The average molecular weight is 425 g/mol. The van der Waals surface area contributed by atoms with Crippen LogP contribution in [0, 0.1) is 13.8 Å².